The molecule has 0 saturated carbocycles. The number of nitrogens with one attached hydrogen (secondary N) is 2. The van der Waals surface area contributed by atoms with Crippen LogP contribution in [0.2, 0.25) is 5.02 Å². The zero-order valence-electron chi connectivity index (χ0n) is 11.2. The van der Waals surface area contributed by atoms with Crippen LogP contribution in [-0.2, 0) is 4.79 Å². The Morgan fingerprint density at radius 2 is 2.00 bits per heavy atom. The van der Waals surface area contributed by atoms with E-state index in [4.69, 9.17) is 11.6 Å². The van der Waals surface area contributed by atoms with E-state index in [0.29, 0.717) is 5.56 Å². The van der Waals surface area contributed by atoms with Crippen molar-refractivity contribution in [3.05, 3.63) is 70.8 Å². The summed E-state index contributed by atoms with van der Waals surface area (Å²) in [6.45, 7) is 0. The smallest absolute Gasteiger partial charge is 0.268 e. The van der Waals surface area contributed by atoms with Crippen LogP contribution in [0.4, 0.5) is 4.39 Å². The van der Waals surface area contributed by atoms with Crippen LogP contribution in [0, 0.1) is 5.82 Å². The van der Waals surface area contributed by atoms with E-state index in [1.54, 1.807) is 12.1 Å². The predicted octanol–water partition coefficient (Wildman–Crippen LogP) is 2.35. The number of carbonyl (C=O) groups is 2. The molecular weight excluding hydrogens is 309 g/mol. The summed E-state index contributed by atoms with van der Waals surface area (Å²) < 4.78 is 13.0. The molecule has 22 heavy (non-hydrogen) atoms. The lowest BCUT2D eigenvalue weighted by atomic mass is 10.2. The molecule has 0 spiro atoms. The normalized spacial score (nSPS) is 10.5. The maximum Gasteiger partial charge on any atom is 0.288 e. The lowest BCUT2D eigenvalue weighted by Gasteiger charge is -2.04. The number of nitrogens with zero attached hydrogens (tertiary/aromatic N) is 1. The molecule has 0 bridgehead atoms. The molecule has 2 aromatic rings. The van der Waals surface area contributed by atoms with Crippen molar-refractivity contribution in [2.45, 2.75) is 0 Å². The number of amides is 2. The number of pyridine rings is 1. The summed E-state index contributed by atoms with van der Waals surface area (Å²) in [5.41, 5.74) is 5.15. The number of aromatic nitrogens is 1. The largest absolute Gasteiger partial charge is 0.288 e. The van der Waals surface area contributed by atoms with Gasteiger partial charge in [0, 0.05) is 12.3 Å². The van der Waals surface area contributed by atoms with Crippen molar-refractivity contribution in [1.29, 1.82) is 0 Å². The van der Waals surface area contributed by atoms with E-state index in [0.717, 1.165) is 0 Å². The minimum absolute atomic E-state index is 0.0361. The van der Waals surface area contributed by atoms with E-state index >= 15 is 0 Å². The average Bonchev–Trinajstić information content (AvgIpc) is 2.54. The van der Waals surface area contributed by atoms with E-state index in [1.807, 2.05) is 0 Å². The second-order valence-electron chi connectivity index (χ2n) is 4.17. The van der Waals surface area contributed by atoms with E-state index in [2.05, 4.69) is 15.8 Å². The summed E-state index contributed by atoms with van der Waals surface area (Å²) >= 11 is 5.63. The predicted molar refractivity (Wildman–Crippen MR) is 80.3 cm³/mol. The standard InChI is InChI=1S/C15H11ClFN3O2/c16-11-9-10(4-6-12(11)17)5-7-14(21)19-20-15(22)13-3-1-2-8-18-13/h1-9H,(H,19,21)(H,20,22)/b7-5+. The third-order valence-corrected chi connectivity index (χ3v) is 2.86. The summed E-state index contributed by atoms with van der Waals surface area (Å²) in [5, 5.41) is -0.0361. The molecule has 2 rings (SSSR count). The first kappa shape index (κ1) is 15.7. The summed E-state index contributed by atoms with van der Waals surface area (Å²) in [4.78, 5) is 27.0. The molecule has 7 heteroatoms. The Morgan fingerprint density at radius 3 is 2.68 bits per heavy atom. The van der Waals surface area contributed by atoms with Crippen molar-refractivity contribution in [2.24, 2.45) is 0 Å². The highest BCUT2D eigenvalue weighted by Crippen LogP contribution is 2.16. The van der Waals surface area contributed by atoms with Crippen LogP contribution in [-0.4, -0.2) is 16.8 Å². The summed E-state index contributed by atoms with van der Waals surface area (Å²) in [5.74, 6) is -1.62. The van der Waals surface area contributed by atoms with E-state index in [9.17, 15) is 14.0 Å². The lowest BCUT2D eigenvalue weighted by Crippen LogP contribution is -2.41. The minimum atomic E-state index is -0.551. The van der Waals surface area contributed by atoms with Gasteiger partial charge in [0.15, 0.2) is 0 Å². The van der Waals surface area contributed by atoms with Crippen molar-refractivity contribution in [3.8, 4) is 0 Å². The van der Waals surface area contributed by atoms with Gasteiger partial charge in [-0.1, -0.05) is 23.7 Å². The summed E-state index contributed by atoms with van der Waals surface area (Å²) in [6.07, 6.45) is 4.09. The van der Waals surface area contributed by atoms with E-state index in [1.165, 1.54) is 42.6 Å². The molecule has 0 aliphatic rings. The highest BCUT2D eigenvalue weighted by atomic mass is 35.5. The fourth-order valence-corrected chi connectivity index (χ4v) is 1.70. The van der Waals surface area contributed by atoms with Gasteiger partial charge in [0.05, 0.1) is 5.02 Å². The Hall–Kier alpha value is -2.73. The Labute approximate surface area is 130 Å². The highest BCUT2D eigenvalue weighted by molar-refractivity contribution is 6.30. The van der Waals surface area contributed by atoms with Gasteiger partial charge in [0.25, 0.3) is 11.8 Å². The van der Waals surface area contributed by atoms with Gasteiger partial charge < -0.3 is 0 Å². The molecule has 0 radical (unpaired) electrons. The van der Waals surface area contributed by atoms with E-state index in [-0.39, 0.29) is 10.7 Å². The maximum absolute atomic E-state index is 13.0. The van der Waals surface area contributed by atoms with Crippen molar-refractivity contribution in [1.82, 2.24) is 15.8 Å². The fraction of sp³-hybridized carbons (Fsp3) is 0. The summed E-state index contributed by atoms with van der Waals surface area (Å²) in [6, 6.07) is 8.89. The van der Waals surface area contributed by atoms with Crippen molar-refractivity contribution >= 4 is 29.5 Å². The molecule has 112 valence electrons. The molecule has 5 nitrogen and oxygen atoms in total. The Kier molecular flexibility index (Phi) is 5.21. The van der Waals surface area contributed by atoms with Crippen LogP contribution in [0.15, 0.2) is 48.7 Å². The number of hydrogen-bond acceptors (Lipinski definition) is 3. The minimum Gasteiger partial charge on any atom is -0.268 e. The van der Waals surface area contributed by atoms with Crippen molar-refractivity contribution < 1.29 is 14.0 Å². The molecule has 2 amide bonds. The highest BCUT2D eigenvalue weighted by Gasteiger charge is 2.06. The van der Waals surface area contributed by atoms with Crippen molar-refractivity contribution in [2.75, 3.05) is 0 Å². The van der Waals surface area contributed by atoms with Crippen molar-refractivity contribution in [3.63, 3.8) is 0 Å². The fourth-order valence-electron chi connectivity index (χ4n) is 1.51. The first-order valence-corrected chi connectivity index (χ1v) is 6.58. The van der Waals surface area contributed by atoms with Crippen LogP contribution < -0.4 is 10.9 Å². The van der Waals surface area contributed by atoms with Gasteiger partial charge >= 0.3 is 0 Å². The number of carbonyl (C=O) groups excluding carboxylic acids is 2. The van der Waals surface area contributed by atoms with Gasteiger partial charge in [-0.05, 0) is 35.9 Å². The van der Waals surface area contributed by atoms with Crippen LogP contribution in [0.1, 0.15) is 16.1 Å². The molecule has 1 heterocycles. The Balaban J connectivity index is 1.89. The first-order valence-electron chi connectivity index (χ1n) is 6.21. The maximum atomic E-state index is 13.0. The van der Waals surface area contributed by atoms with Gasteiger partial charge in [0.2, 0.25) is 0 Å². The lowest BCUT2D eigenvalue weighted by molar-refractivity contribution is -0.117. The monoisotopic (exact) mass is 319 g/mol. The van der Waals surface area contributed by atoms with Gasteiger partial charge in [0.1, 0.15) is 11.5 Å². The van der Waals surface area contributed by atoms with Crippen LogP contribution in [0.5, 0.6) is 0 Å². The molecule has 0 atom stereocenters. The number of hydrazine groups is 1. The number of rotatable bonds is 3. The average molecular weight is 320 g/mol. The second-order valence-corrected chi connectivity index (χ2v) is 4.57. The molecule has 1 aromatic carbocycles. The number of hydrogen-bond donors (Lipinski definition) is 2. The van der Waals surface area contributed by atoms with Crippen LogP contribution in [0.25, 0.3) is 6.08 Å². The van der Waals surface area contributed by atoms with Crippen LogP contribution >= 0.6 is 11.6 Å². The van der Waals surface area contributed by atoms with Gasteiger partial charge in [-0.2, -0.15) is 0 Å². The second kappa shape index (κ2) is 7.33. The molecule has 1 aromatic heterocycles. The Morgan fingerprint density at radius 1 is 1.18 bits per heavy atom. The quantitative estimate of drug-likeness (QED) is 0.674. The molecule has 0 fully saturated rings. The topological polar surface area (TPSA) is 71.1 Å². The van der Waals surface area contributed by atoms with Gasteiger partial charge in [-0.15, -0.1) is 0 Å². The third kappa shape index (κ3) is 4.39. The molecule has 0 saturated heterocycles. The SMILES string of the molecule is O=C(/C=C/c1ccc(F)c(Cl)c1)NNC(=O)c1ccccn1. The number of benzene rings is 1. The number of halogens is 2. The molecule has 0 aliphatic carbocycles. The van der Waals surface area contributed by atoms with Gasteiger partial charge in [-0.25, -0.2) is 4.39 Å². The summed E-state index contributed by atoms with van der Waals surface area (Å²) in [7, 11) is 0. The first-order chi connectivity index (χ1) is 10.6. The molecule has 0 aliphatic heterocycles. The molecular formula is C15H11ClFN3O2. The third-order valence-electron chi connectivity index (χ3n) is 2.57. The molecule has 2 N–H and O–H groups in total. The van der Waals surface area contributed by atoms with Crippen LogP contribution in [0.3, 0.4) is 0 Å². The van der Waals surface area contributed by atoms with Gasteiger partial charge in [-0.3, -0.25) is 25.4 Å². The Bertz CT molecular complexity index is 720. The zero-order chi connectivity index (χ0) is 15.9. The zero-order valence-corrected chi connectivity index (χ0v) is 12.0. The van der Waals surface area contributed by atoms with E-state index < -0.39 is 17.6 Å². The molecule has 0 unspecified atom stereocenters.